The second-order valence-corrected chi connectivity index (χ2v) is 7.37. The van der Waals surface area contributed by atoms with E-state index in [-0.39, 0.29) is 28.2 Å². The normalized spacial score (nSPS) is 14.7. The van der Waals surface area contributed by atoms with Crippen LogP contribution in [0.3, 0.4) is 0 Å². The Morgan fingerprint density at radius 3 is 2.73 bits per heavy atom. The van der Waals surface area contributed by atoms with Crippen molar-refractivity contribution in [2.24, 2.45) is 5.92 Å². The number of ketones is 1. The zero-order chi connectivity index (χ0) is 18.5. The molecular weight excluding hydrogens is 354 g/mol. The van der Waals surface area contributed by atoms with E-state index in [9.17, 15) is 14.4 Å². The van der Waals surface area contributed by atoms with Crippen LogP contribution in [0.1, 0.15) is 32.1 Å². The number of para-hydroxylation sites is 1. The Morgan fingerprint density at radius 2 is 2.00 bits per heavy atom. The molecule has 0 atom stereocenters. The summed E-state index contributed by atoms with van der Waals surface area (Å²) in [5, 5.41) is 9.52. The number of thioether (sulfide) groups is 1. The predicted octanol–water partition coefficient (Wildman–Crippen LogP) is 1.70. The second kappa shape index (κ2) is 8.46. The first-order valence-corrected chi connectivity index (χ1v) is 9.64. The van der Waals surface area contributed by atoms with E-state index in [4.69, 9.17) is 5.11 Å². The highest BCUT2D eigenvalue weighted by Crippen LogP contribution is 2.27. The van der Waals surface area contributed by atoms with E-state index in [1.165, 1.54) is 0 Å². The molecule has 138 valence electrons. The molecule has 1 aliphatic carbocycles. The molecule has 7 nitrogen and oxygen atoms in total. The number of benzene rings is 1. The van der Waals surface area contributed by atoms with Gasteiger partial charge >= 0.3 is 0 Å². The van der Waals surface area contributed by atoms with Crippen LogP contribution in [0.15, 0.2) is 34.2 Å². The highest BCUT2D eigenvalue weighted by molar-refractivity contribution is 7.99. The molecule has 0 radical (unpaired) electrons. The number of aromatic nitrogens is 2. The van der Waals surface area contributed by atoms with Crippen LogP contribution in [0.5, 0.6) is 0 Å². The van der Waals surface area contributed by atoms with Gasteiger partial charge in [-0.2, -0.15) is 4.68 Å². The van der Waals surface area contributed by atoms with Gasteiger partial charge in [0.25, 0.3) is 5.56 Å². The van der Waals surface area contributed by atoms with Crippen molar-refractivity contribution in [3.8, 4) is 0 Å². The number of carbonyl (C=O) groups excluding carboxylic acids is 2. The molecule has 2 N–H and O–H groups in total. The summed E-state index contributed by atoms with van der Waals surface area (Å²) in [7, 11) is 0. The van der Waals surface area contributed by atoms with Crippen molar-refractivity contribution in [1.29, 1.82) is 0 Å². The number of aliphatic hydroxyl groups is 1. The van der Waals surface area contributed by atoms with Crippen molar-refractivity contribution in [2.45, 2.75) is 37.3 Å². The molecule has 0 bridgehead atoms. The average molecular weight is 375 g/mol. The monoisotopic (exact) mass is 375 g/mol. The summed E-state index contributed by atoms with van der Waals surface area (Å²) in [5.41, 5.74) is 2.77. The smallest absolute Gasteiger partial charge is 0.281 e. The van der Waals surface area contributed by atoms with Crippen LogP contribution in [-0.4, -0.2) is 38.8 Å². The minimum Gasteiger partial charge on any atom is -0.389 e. The summed E-state index contributed by atoms with van der Waals surface area (Å²) in [6.07, 6.45) is 4.72. The first-order valence-electron chi connectivity index (χ1n) is 8.65. The number of carbonyl (C=O) groups is 2. The summed E-state index contributed by atoms with van der Waals surface area (Å²) in [5.74, 6) is -0.279. The number of hydrogen-bond donors (Lipinski definition) is 2. The molecule has 1 saturated carbocycles. The Labute approximate surface area is 154 Å². The SMILES string of the molecule is O=C(CO)CSc1nc2ccccc2c(=O)n1NC(=O)CC1CCCC1. The fourth-order valence-electron chi connectivity index (χ4n) is 3.15. The molecule has 0 spiro atoms. The Morgan fingerprint density at radius 1 is 1.27 bits per heavy atom. The Balaban J connectivity index is 1.89. The maximum absolute atomic E-state index is 12.8. The lowest BCUT2D eigenvalue weighted by molar-refractivity contribution is -0.119. The van der Waals surface area contributed by atoms with Crippen LogP contribution >= 0.6 is 11.8 Å². The molecular formula is C18H21N3O4S. The minimum absolute atomic E-state index is 0.0280. The van der Waals surface area contributed by atoms with Crippen LogP contribution in [0, 0.1) is 5.92 Å². The number of amides is 1. The third-order valence-corrected chi connectivity index (χ3v) is 5.47. The van der Waals surface area contributed by atoms with Gasteiger partial charge in [0.05, 0.1) is 16.7 Å². The van der Waals surface area contributed by atoms with Crippen LogP contribution < -0.4 is 11.0 Å². The van der Waals surface area contributed by atoms with E-state index in [0.717, 1.165) is 42.1 Å². The molecule has 0 saturated heterocycles. The van der Waals surface area contributed by atoms with Gasteiger partial charge in [-0.25, -0.2) is 4.98 Å². The summed E-state index contributed by atoms with van der Waals surface area (Å²) < 4.78 is 1.12. The molecule has 3 rings (SSSR count). The van der Waals surface area contributed by atoms with Crippen LogP contribution in [-0.2, 0) is 9.59 Å². The van der Waals surface area contributed by atoms with E-state index in [1.54, 1.807) is 24.3 Å². The average Bonchev–Trinajstić information content (AvgIpc) is 3.15. The topological polar surface area (TPSA) is 101 Å². The number of nitrogens with zero attached hydrogens (tertiary/aromatic N) is 2. The van der Waals surface area contributed by atoms with Gasteiger partial charge in [-0.1, -0.05) is 36.7 Å². The molecule has 1 aromatic carbocycles. The number of rotatable bonds is 7. The van der Waals surface area contributed by atoms with Crippen molar-refractivity contribution in [3.63, 3.8) is 0 Å². The lowest BCUT2D eigenvalue weighted by atomic mass is 10.0. The van der Waals surface area contributed by atoms with Crippen molar-refractivity contribution in [1.82, 2.24) is 9.66 Å². The third kappa shape index (κ3) is 4.31. The highest BCUT2D eigenvalue weighted by Gasteiger charge is 2.20. The maximum atomic E-state index is 12.8. The van der Waals surface area contributed by atoms with Crippen LogP contribution in [0.25, 0.3) is 10.9 Å². The standard InChI is InChI=1S/C18H21N3O4S/c22-10-13(23)11-26-18-19-15-8-4-3-7-14(15)17(25)21(18)20-16(24)9-12-5-1-2-6-12/h3-4,7-8,12,22H,1-2,5-6,9-11H2,(H,20,24). The Hall–Kier alpha value is -2.19. The zero-order valence-corrected chi connectivity index (χ0v) is 15.1. The Bertz CT molecular complexity index is 874. The van der Waals surface area contributed by atoms with Gasteiger partial charge in [0.1, 0.15) is 6.61 Å². The fraction of sp³-hybridized carbons (Fsp3) is 0.444. The Kier molecular flexibility index (Phi) is 6.05. The molecule has 0 aliphatic heterocycles. The molecule has 0 unspecified atom stereocenters. The molecule has 8 heteroatoms. The third-order valence-electron chi connectivity index (χ3n) is 4.47. The van der Waals surface area contributed by atoms with Crippen molar-refractivity contribution >= 4 is 34.4 Å². The molecule has 1 amide bonds. The molecule has 1 aliphatic rings. The van der Waals surface area contributed by atoms with E-state index < -0.39 is 6.61 Å². The largest absolute Gasteiger partial charge is 0.389 e. The molecule has 1 aromatic heterocycles. The first kappa shape index (κ1) is 18.6. The van der Waals surface area contributed by atoms with E-state index >= 15 is 0 Å². The number of hydrogen-bond acceptors (Lipinski definition) is 6. The highest BCUT2D eigenvalue weighted by atomic mass is 32.2. The summed E-state index contributed by atoms with van der Waals surface area (Å²) in [6.45, 7) is -0.571. The molecule has 2 aromatic rings. The summed E-state index contributed by atoms with van der Waals surface area (Å²) in [6, 6.07) is 6.86. The molecule has 26 heavy (non-hydrogen) atoms. The lowest BCUT2D eigenvalue weighted by Crippen LogP contribution is -2.35. The van der Waals surface area contributed by atoms with E-state index in [0.29, 0.717) is 23.2 Å². The van der Waals surface area contributed by atoms with E-state index in [1.807, 2.05) is 0 Å². The quantitative estimate of drug-likeness (QED) is 0.564. The van der Waals surface area contributed by atoms with E-state index in [2.05, 4.69) is 10.4 Å². The number of nitrogens with one attached hydrogen (secondary N) is 1. The van der Waals surface area contributed by atoms with Crippen molar-refractivity contribution in [2.75, 3.05) is 17.8 Å². The fourth-order valence-corrected chi connectivity index (χ4v) is 3.95. The molecule has 1 heterocycles. The number of fused-ring (bicyclic) bond motifs is 1. The van der Waals surface area contributed by atoms with Gasteiger partial charge in [0.2, 0.25) is 5.91 Å². The van der Waals surface area contributed by atoms with Gasteiger partial charge in [-0.05, 0) is 30.9 Å². The van der Waals surface area contributed by atoms with Gasteiger partial charge in [-0.15, -0.1) is 0 Å². The second-order valence-electron chi connectivity index (χ2n) is 6.43. The first-order chi connectivity index (χ1) is 12.6. The summed E-state index contributed by atoms with van der Waals surface area (Å²) in [4.78, 5) is 41.0. The van der Waals surface area contributed by atoms with Gasteiger partial charge in [0.15, 0.2) is 10.9 Å². The minimum atomic E-state index is -0.571. The molecule has 1 fully saturated rings. The van der Waals surface area contributed by atoms with Gasteiger partial charge in [0, 0.05) is 6.42 Å². The zero-order valence-electron chi connectivity index (χ0n) is 14.3. The lowest BCUT2D eigenvalue weighted by Gasteiger charge is -2.15. The predicted molar refractivity (Wildman–Crippen MR) is 99.8 cm³/mol. The van der Waals surface area contributed by atoms with Crippen molar-refractivity contribution in [3.05, 3.63) is 34.6 Å². The maximum Gasteiger partial charge on any atom is 0.281 e. The number of Topliss-reactive ketones (excluding diaryl/α,β-unsaturated/α-hetero) is 1. The van der Waals surface area contributed by atoms with Gasteiger partial charge < -0.3 is 5.11 Å². The number of aliphatic hydroxyl groups excluding tert-OH is 1. The van der Waals surface area contributed by atoms with Gasteiger partial charge in [-0.3, -0.25) is 19.8 Å². The summed E-state index contributed by atoms with van der Waals surface area (Å²) >= 11 is 1.02. The van der Waals surface area contributed by atoms with Crippen LogP contribution in [0.4, 0.5) is 0 Å². The van der Waals surface area contributed by atoms with Crippen molar-refractivity contribution < 1.29 is 14.7 Å². The van der Waals surface area contributed by atoms with Crippen LogP contribution in [0.2, 0.25) is 0 Å².